The van der Waals surface area contributed by atoms with Gasteiger partial charge in [0.05, 0.1) is 0 Å². The van der Waals surface area contributed by atoms with Crippen LogP contribution in [-0.2, 0) is 10.2 Å². The number of hydrogen-bond acceptors (Lipinski definition) is 3. The number of rotatable bonds is 3. The second-order valence-electron chi connectivity index (χ2n) is 2.33. The molecule has 1 aromatic rings. The minimum absolute atomic E-state index is 0.212. The van der Waals surface area contributed by atoms with Gasteiger partial charge in [0, 0.05) is 26.5 Å². The van der Waals surface area contributed by atoms with Gasteiger partial charge < -0.3 is 4.98 Å². The van der Waals surface area contributed by atoms with E-state index in [1.807, 2.05) is 0 Å². The molecule has 12 heavy (non-hydrogen) atoms. The highest BCUT2D eigenvalue weighted by molar-refractivity contribution is 7.90. The Hall–Kier alpha value is -1.08. The summed E-state index contributed by atoms with van der Waals surface area (Å²) in [6.07, 6.45) is 3.00. The van der Waals surface area contributed by atoms with Gasteiger partial charge in [-0.25, -0.2) is 9.71 Å². The summed E-state index contributed by atoms with van der Waals surface area (Å²) in [4.78, 5) is 6.33. The molecule has 0 aromatic carbocycles. The van der Waals surface area contributed by atoms with Gasteiger partial charge in [0.2, 0.25) is 5.95 Å². The molecule has 1 heterocycles. The predicted molar refractivity (Wildman–Crippen MR) is 44.8 cm³/mol. The normalized spacial score (nSPS) is 11.9. The molecule has 7 heteroatoms. The van der Waals surface area contributed by atoms with Crippen LogP contribution in [0.1, 0.15) is 0 Å². The molecule has 0 aliphatic carbocycles. The Kier molecular flexibility index (Phi) is 2.34. The summed E-state index contributed by atoms with van der Waals surface area (Å²) in [5.41, 5.74) is 0. The van der Waals surface area contributed by atoms with Crippen LogP contribution >= 0.6 is 0 Å². The number of anilines is 1. The van der Waals surface area contributed by atoms with Gasteiger partial charge in [0.1, 0.15) is 0 Å². The zero-order chi connectivity index (χ0) is 9.19. The predicted octanol–water partition coefficient (Wildman–Crippen LogP) is -0.372. The standard InChI is InChI=1S/C5H10N4O2S/c1-9(2)12(10,11)8-5-6-3-4-7-5/h3-4H,1-2H3,(H2,6,7,8). The van der Waals surface area contributed by atoms with E-state index >= 15 is 0 Å². The van der Waals surface area contributed by atoms with Crippen LogP contribution in [0.25, 0.3) is 0 Å². The van der Waals surface area contributed by atoms with Crippen molar-refractivity contribution in [2.45, 2.75) is 0 Å². The van der Waals surface area contributed by atoms with Crippen LogP contribution in [0.3, 0.4) is 0 Å². The maximum Gasteiger partial charge on any atom is 0.303 e. The first-order valence-electron chi connectivity index (χ1n) is 3.22. The van der Waals surface area contributed by atoms with Gasteiger partial charge in [0.25, 0.3) is 0 Å². The Bertz CT molecular complexity index is 328. The monoisotopic (exact) mass is 190 g/mol. The van der Waals surface area contributed by atoms with Crippen LogP contribution in [0.15, 0.2) is 12.4 Å². The average molecular weight is 190 g/mol. The Labute approximate surface area is 70.8 Å². The number of hydrogen-bond donors (Lipinski definition) is 2. The summed E-state index contributed by atoms with van der Waals surface area (Å²) in [5.74, 6) is 0.212. The van der Waals surface area contributed by atoms with Crippen molar-refractivity contribution in [2.24, 2.45) is 0 Å². The third kappa shape index (κ3) is 1.95. The summed E-state index contributed by atoms with van der Waals surface area (Å²) in [6.45, 7) is 0. The summed E-state index contributed by atoms with van der Waals surface area (Å²) in [5, 5.41) is 0. The van der Waals surface area contributed by atoms with Crippen LogP contribution in [0.2, 0.25) is 0 Å². The largest absolute Gasteiger partial charge is 0.330 e. The molecule has 0 saturated carbocycles. The lowest BCUT2D eigenvalue weighted by atomic mass is 11.0. The van der Waals surface area contributed by atoms with E-state index in [2.05, 4.69) is 14.7 Å². The first kappa shape index (κ1) is 9.01. The summed E-state index contributed by atoms with van der Waals surface area (Å²) in [7, 11) is -0.560. The van der Waals surface area contributed by atoms with E-state index in [0.29, 0.717) is 0 Å². The van der Waals surface area contributed by atoms with Crippen LogP contribution in [0, 0.1) is 0 Å². The van der Waals surface area contributed by atoms with Crippen molar-refractivity contribution in [1.82, 2.24) is 14.3 Å². The van der Waals surface area contributed by atoms with Gasteiger partial charge >= 0.3 is 10.2 Å². The average Bonchev–Trinajstić information content (AvgIpc) is 2.38. The van der Waals surface area contributed by atoms with E-state index in [1.165, 1.54) is 26.5 Å². The van der Waals surface area contributed by atoms with Crippen molar-refractivity contribution < 1.29 is 8.42 Å². The third-order valence-corrected chi connectivity index (χ3v) is 2.62. The smallest absolute Gasteiger partial charge is 0.303 e. The van der Waals surface area contributed by atoms with E-state index in [4.69, 9.17) is 0 Å². The Morgan fingerprint density at radius 3 is 2.67 bits per heavy atom. The number of imidazole rings is 1. The van der Waals surface area contributed by atoms with Crippen molar-refractivity contribution in [1.29, 1.82) is 0 Å². The topological polar surface area (TPSA) is 78.1 Å². The summed E-state index contributed by atoms with van der Waals surface area (Å²) >= 11 is 0. The maximum absolute atomic E-state index is 11.2. The molecular weight excluding hydrogens is 180 g/mol. The molecule has 1 rings (SSSR count). The van der Waals surface area contributed by atoms with Crippen LogP contribution in [0.5, 0.6) is 0 Å². The molecule has 0 amide bonds. The third-order valence-electron chi connectivity index (χ3n) is 1.20. The molecule has 0 bridgehead atoms. The maximum atomic E-state index is 11.2. The Morgan fingerprint density at radius 1 is 1.58 bits per heavy atom. The molecule has 0 saturated heterocycles. The van der Waals surface area contributed by atoms with Crippen LogP contribution < -0.4 is 4.72 Å². The first-order valence-corrected chi connectivity index (χ1v) is 4.66. The van der Waals surface area contributed by atoms with E-state index in [9.17, 15) is 8.42 Å². The highest BCUT2D eigenvalue weighted by Crippen LogP contribution is 2.00. The minimum Gasteiger partial charge on any atom is -0.330 e. The molecular formula is C5H10N4O2S. The van der Waals surface area contributed by atoms with Gasteiger partial charge in [-0.1, -0.05) is 0 Å². The highest BCUT2D eigenvalue weighted by Gasteiger charge is 2.13. The number of nitrogens with one attached hydrogen (secondary N) is 2. The van der Waals surface area contributed by atoms with E-state index < -0.39 is 10.2 Å². The fourth-order valence-electron chi connectivity index (χ4n) is 0.535. The van der Waals surface area contributed by atoms with Gasteiger partial charge in [-0.05, 0) is 0 Å². The second-order valence-corrected chi connectivity index (χ2v) is 4.21. The number of H-pyrrole nitrogens is 1. The molecule has 0 aliphatic rings. The molecule has 0 fully saturated rings. The van der Waals surface area contributed by atoms with E-state index in [0.717, 1.165) is 4.31 Å². The van der Waals surface area contributed by atoms with Crippen LogP contribution in [0.4, 0.5) is 5.95 Å². The van der Waals surface area contributed by atoms with Gasteiger partial charge in [-0.3, -0.25) is 0 Å². The zero-order valence-electron chi connectivity index (χ0n) is 6.77. The summed E-state index contributed by atoms with van der Waals surface area (Å²) in [6, 6.07) is 0. The highest BCUT2D eigenvalue weighted by atomic mass is 32.2. The molecule has 68 valence electrons. The molecule has 0 radical (unpaired) electrons. The SMILES string of the molecule is CN(C)S(=O)(=O)Nc1ncc[nH]1. The van der Waals surface area contributed by atoms with Crippen molar-refractivity contribution >= 4 is 16.2 Å². The fraction of sp³-hybridized carbons (Fsp3) is 0.400. The molecule has 1 aromatic heterocycles. The van der Waals surface area contributed by atoms with Gasteiger partial charge in [-0.15, -0.1) is 0 Å². The summed E-state index contributed by atoms with van der Waals surface area (Å²) < 4.78 is 25.6. The molecule has 0 aliphatic heterocycles. The van der Waals surface area contributed by atoms with Crippen LogP contribution in [-0.4, -0.2) is 36.8 Å². The number of nitrogens with zero attached hydrogens (tertiary/aromatic N) is 2. The number of aromatic amines is 1. The van der Waals surface area contributed by atoms with Crippen molar-refractivity contribution in [3.63, 3.8) is 0 Å². The molecule has 0 spiro atoms. The van der Waals surface area contributed by atoms with Crippen molar-refractivity contribution in [3.8, 4) is 0 Å². The number of aromatic nitrogens is 2. The van der Waals surface area contributed by atoms with E-state index in [1.54, 1.807) is 0 Å². The fourth-order valence-corrected chi connectivity index (χ4v) is 1.07. The zero-order valence-corrected chi connectivity index (χ0v) is 7.59. The Balaban J connectivity index is 2.77. The lowest BCUT2D eigenvalue weighted by Gasteiger charge is -2.10. The lowest BCUT2D eigenvalue weighted by Crippen LogP contribution is -2.29. The van der Waals surface area contributed by atoms with E-state index in [-0.39, 0.29) is 5.95 Å². The molecule has 0 unspecified atom stereocenters. The van der Waals surface area contributed by atoms with Gasteiger partial charge in [0.15, 0.2) is 0 Å². The Morgan fingerprint density at radius 2 is 2.25 bits per heavy atom. The van der Waals surface area contributed by atoms with Gasteiger partial charge in [-0.2, -0.15) is 12.7 Å². The van der Waals surface area contributed by atoms with Crippen molar-refractivity contribution in [3.05, 3.63) is 12.4 Å². The van der Waals surface area contributed by atoms with Crippen molar-refractivity contribution in [2.75, 3.05) is 18.8 Å². The lowest BCUT2D eigenvalue weighted by molar-refractivity contribution is 0.526. The molecule has 0 atom stereocenters. The first-order chi connectivity index (χ1) is 5.52. The minimum atomic E-state index is -3.43. The molecule has 6 nitrogen and oxygen atoms in total. The quantitative estimate of drug-likeness (QED) is 0.682. The molecule has 2 N–H and O–H groups in total. The second kappa shape index (κ2) is 3.11.